The van der Waals surface area contributed by atoms with E-state index in [9.17, 15) is 5.11 Å². The molecule has 1 heterocycles. The third kappa shape index (κ3) is 3.94. The van der Waals surface area contributed by atoms with Crippen molar-refractivity contribution in [2.24, 2.45) is 10.2 Å². The Morgan fingerprint density at radius 2 is 1.96 bits per heavy atom. The summed E-state index contributed by atoms with van der Waals surface area (Å²) in [6.07, 6.45) is -0.530. The smallest absolute Gasteiger partial charge is 0.231 e. The quantitative estimate of drug-likeness (QED) is 0.504. The van der Waals surface area contributed by atoms with E-state index in [1.54, 1.807) is 14.0 Å². The zero-order chi connectivity index (χ0) is 17.8. The lowest BCUT2D eigenvalue weighted by atomic mass is 10.2. The van der Waals surface area contributed by atoms with Crippen molar-refractivity contribution in [1.29, 1.82) is 0 Å². The van der Waals surface area contributed by atoms with Crippen LogP contribution in [0, 0.1) is 0 Å². The largest absolute Gasteiger partial charge is 0.497 e. The number of anilines is 1. The average Bonchev–Trinajstić information content (AvgIpc) is 3.03. The number of azo groups is 1. The number of ether oxygens (including phenoxy) is 1. The Kier molecular flexibility index (Phi) is 5.25. The first kappa shape index (κ1) is 17.3. The fourth-order valence-corrected chi connectivity index (χ4v) is 3.35. The van der Waals surface area contributed by atoms with Crippen molar-refractivity contribution in [3.05, 3.63) is 42.5 Å². The van der Waals surface area contributed by atoms with Crippen molar-refractivity contribution in [3.8, 4) is 5.75 Å². The predicted octanol–water partition coefficient (Wildman–Crippen LogP) is 4.88. The van der Waals surface area contributed by atoms with Crippen LogP contribution in [0.25, 0.3) is 10.2 Å². The third-order valence-corrected chi connectivity index (χ3v) is 4.71. The van der Waals surface area contributed by atoms with Gasteiger partial charge < -0.3 is 14.7 Å². The Morgan fingerprint density at radius 1 is 1.20 bits per heavy atom. The van der Waals surface area contributed by atoms with Crippen LogP contribution < -0.4 is 9.64 Å². The zero-order valence-electron chi connectivity index (χ0n) is 14.4. The molecule has 0 aliphatic heterocycles. The first-order valence-corrected chi connectivity index (χ1v) is 8.83. The third-order valence-electron chi connectivity index (χ3n) is 3.81. The highest BCUT2D eigenvalue weighted by atomic mass is 32.1. The second-order valence-electron chi connectivity index (χ2n) is 5.46. The van der Waals surface area contributed by atoms with Gasteiger partial charge in [-0.05, 0) is 56.3 Å². The van der Waals surface area contributed by atoms with Gasteiger partial charge in [0.25, 0.3) is 0 Å². The van der Waals surface area contributed by atoms with E-state index < -0.39 is 6.23 Å². The Labute approximate surface area is 150 Å². The van der Waals surface area contributed by atoms with Gasteiger partial charge in [-0.3, -0.25) is 0 Å². The molecule has 3 aromatic rings. The topological polar surface area (TPSA) is 70.3 Å². The maximum atomic E-state index is 9.76. The summed E-state index contributed by atoms with van der Waals surface area (Å²) in [5.74, 6) is 0.800. The Bertz CT molecular complexity index is 874. The molecule has 0 radical (unpaired) electrons. The SMILES string of the molecule is CCN(c1ccc(N=Nc2nc3ccc(OC)cc3s2)cc1)C(C)O. The molecule has 2 aromatic carbocycles. The lowest BCUT2D eigenvalue weighted by Gasteiger charge is -2.26. The van der Waals surface area contributed by atoms with Crippen LogP contribution in [0.2, 0.25) is 0 Å². The number of hydrogen-bond donors (Lipinski definition) is 1. The molecule has 6 nitrogen and oxygen atoms in total. The fourth-order valence-electron chi connectivity index (χ4n) is 2.54. The number of benzene rings is 2. The fraction of sp³-hybridized carbons (Fsp3) is 0.278. The standard InChI is InChI=1S/C18H20N4O2S/c1-4-22(12(2)23)14-7-5-13(6-8-14)20-21-18-19-16-10-9-15(24-3)11-17(16)25-18/h5-12,23H,4H2,1-3H3. The van der Waals surface area contributed by atoms with Gasteiger partial charge in [0.05, 0.1) is 23.0 Å². The number of aliphatic hydroxyl groups is 1. The van der Waals surface area contributed by atoms with Crippen LogP contribution in [0.1, 0.15) is 13.8 Å². The van der Waals surface area contributed by atoms with E-state index in [1.807, 2.05) is 54.3 Å². The van der Waals surface area contributed by atoms with Crippen LogP contribution in [0.4, 0.5) is 16.5 Å². The second kappa shape index (κ2) is 7.58. The van der Waals surface area contributed by atoms with Gasteiger partial charge >= 0.3 is 0 Å². The minimum atomic E-state index is -0.530. The molecule has 0 fully saturated rings. The molecule has 0 bridgehead atoms. The summed E-state index contributed by atoms with van der Waals surface area (Å²) < 4.78 is 6.23. The van der Waals surface area contributed by atoms with E-state index in [2.05, 4.69) is 15.2 Å². The summed E-state index contributed by atoms with van der Waals surface area (Å²) in [5.41, 5.74) is 2.57. The molecule has 1 unspecified atom stereocenters. The molecule has 1 aromatic heterocycles. The van der Waals surface area contributed by atoms with Gasteiger partial charge in [-0.1, -0.05) is 11.3 Å². The van der Waals surface area contributed by atoms with E-state index in [4.69, 9.17) is 4.74 Å². The first-order valence-electron chi connectivity index (χ1n) is 8.02. The molecule has 0 saturated heterocycles. The van der Waals surface area contributed by atoms with Crippen LogP contribution in [-0.4, -0.2) is 30.0 Å². The summed E-state index contributed by atoms with van der Waals surface area (Å²) in [7, 11) is 1.64. The van der Waals surface area contributed by atoms with E-state index >= 15 is 0 Å². The molecule has 3 rings (SSSR count). The molecule has 1 atom stereocenters. The summed E-state index contributed by atoms with van der Waals surface area (Å²) >= 11 is 1.47. The van der Waals surface area contributed by atoms with Crippen LogP contribution in [0.3, 0.4) is 0 Å². The number of nitrogens with zero attached hydrogens (tertiary/aromatic N) is 4. The molecule has 0 aliphatic rings. The summed E-state index contributed by atoms with van der Waals surface area (Å²) in [6, 6.07) is 13.3. The van der Waals surface area contributed by atoms with Gasteiger partial charge in [-0.25, -0.2) is 4.98 Å². The maximum Gasteiger partial charge on any atom is 0.231 e. The highest BCUT2D eigenvalue weighted by molar-refractivity contribution is 7.21. The Balaban J connectivity index is 1.77. The molecule has 0 amide bonds. The summed E-state index contributed by atoms with van der Waals surface area (Å²) in [5, 5.41) is 18.8. The number of hydrogen-bond acceptors (Lipinski definition) is 7. The van der Waals surface area contributed by atoms with E-state index in [-0.39, 0.29) is 0 Å². The van der Waals surface area contributed by atoms with Crippen molar-refractivity contribution >= 4 is 38.1 Å². The number of aliphatic hydroxyl groups excluding tert-OH is 1. The van der Waals surface area contributed by atoms with Crippen LogP contribution in [0.5, 0.6) is 5.75 Å². The normalized spacial score (nSPS) is 12.6. The van der Waals surface area contributed by atoms with Gasteiger partial charge in [0, 0.05) is 12.2 Å². The minimum absolute atomic E-state index is 0.530. The Hall–Kier alpha value is -2.51. The molecular weight excluding hydrogens is 336 g/mol. The molecule has 0 aliphatic carbocycles. The monoisotopic (exact) mass is 356 g/mol. The van der Waals surface area contributed by atoms with Crippen molar-refractivity contribution in [2.45, 2.75) is 20.1 Å². The lowest BCUT2D eigenvalue weighted by Crippen LogP contribution is -2.32. The molecular formula is C18H20N4O2S. The highest BCUT2D eigenvalue weighted by Crippen LogP contribution is 2.32. The molecule has 0 spiro atoms. The van der Waals surface area contributed by atoms with E-state index in [0.717, 1.165) is 33.9 Å². The van der Waals surface area contributed by atoms with Gasteiger partial charge in [0.1, 0.15) is 12.0 Å². The number of rotatable bonds is 6. The number of fused-ring (bicyclic) bond motifs is 1. The van der Waals surface area contributed by atoms with Crippen molar-refractivity contribution < 1.29 is 9.84 Å². The maximum absolute atomic E-state index is 9.76. The van der Waals surface area contributed by atoms with Crippen LogP contribution >= 0.6 is 11.3 Å². The van der Waals surface area contributed by atoms with E-state index in [1.165, 1.54) is 11.3 Å². The summed E-state index contributed by atoms with van der Waals surface area (Å²) in [6.45, 7) is 4.48. The van der Waals surface area contributed by atoms with Gasteiger partial charge in [0.2, 0.25) is 5.13 Å². The summed E-state index contributed by atoms with van der Waals surface area (Å²) in [4.78, 5) is 6.34. The second-order valence-corrected chi connectivity index (χ2v) is 6.47. The van der Waals surface area contributed by atoms with Crippen molar-refractivity contribution in [2.75, 3.05) is 18.6 Å². The zero-order valence-corrected chi connectivity index (χ0v) is 15.2. The minimum Gasteiger partial charge on any atom is -0.497 e. The number of thiazole rings is 1. The molecule has 1 N–H and O–H groups in total. The molecule has 25 heavy (non-hydrogen) atoms. The van der Waals surface area contributed by atoms with Gasteiger partial charge in [0.15, 0.2) is 0 Å². The molecule has 0 saturated carbocycles. The average molecular weight is 356 g/mol. The van der Waals surface area contributed by atoms with Crippen molar-refractivity contribution in [3.63, 3.8) is 0 Å². The lowest BCUT2D eigenvalue weighted by molar-refractivity contribution is 0.190. The molecule has 130 valence electrons. The predicted molar refractivity (Wildman–Crippen MR) is 101 cm³/mol. The van der Waals surface area contributed by atoms with Crippen LogP contribution in [0.15, 0.2) is 52.7 Å². The van der Waals surface area contributed by atoms with Gasteiger partial charge in [-0.15, -0.1) is 10.2 Å². The van der Waals surface area contributed by atoms with Crippen LogP contribution in [-0.2, 0) is 0 Å². The number of aromatic nitrogens is 1. The Morgan fingerprint density at radius 3 is 2.60 bits per heavy atom. The number of methoxy groups -OCH3 is 1. The van der Waals surface area contributed by atoms with Crippen molar-refractivity contribution in [1.82, 2.24) is 4.98 Å². The first-order chi connectivity index (χ1) is 12.1. The molecule has 7 heteroatoms. The highest BCUT2D eigenvalue weighted by Gasteiger charge is 2.09. The van der Waals surface area contributed by atoms with E-state index in [0.29, 0.717) is 5.13 Å². The van der Waals surface area contributed by atoms with Gasteiger partial charge in [-0.2, -0.15) is 0 Å².